The van der Waals surface area contributed by atoms with E-state index in [1.54, 1.807) is 0 Å². The van der Waals surface area contributed by atoms with Gasteiger partial charge in [0.15, 0.2) is 0 Å². The maximum atomic E-state index is 6.63. The smallest absolute Gasteiger partial charge is 0.136 e. The second kappa shape index (κ2) is 9.44. The van der Waals surface area contributed by atoms with E-state index in [0.717, 1.165) is 16.6 Å². The van der Waals surface area contributed by atoms with Gasteiger partial charge in [-0.15, -0.1) is 0 Å². The van der Waals surface area contributed by atoms with Crippen LogP contribution in [0.1, 0.15) is 0 Å². The molecule has 0 spiro atoms. The van der Waals surface area contributed by atoms with Gasteiger partial charge in [0.1, 0.15) is 11.2 Å². The Kier molecular flexibility index (Phi) is 5.27. The summed E-state index contributed by atoms with van der Waals surface area (Å²) in [5.74, 6) is 0. The number of fused-ring (bicyclic) bond motifs is 7. The number of rotatable bonds is 3. The van der Waals surface area contributed by atoms with Crippen molar-refractivity contribution < 1.29 is 4.42 Å². The second-order valence-electron chi connectivity index (χ2n) is 11.2. The first-order chi connectivity index (χ1) is 21.4. The van der Waals surface area contributed by atoms with Gasteiger partial charge in [-0.05, 0) is 72.3 Å². The van der Waals surface area contributed by atoms with Crippen LogP contribution in [0.5, 0.6) is 0 Å². The first kappa shape index (κ1) is 24.0. The third-order valence-electron chi connectivity index (χ3n) is 8.86. The summed E-state index contributed by atoms with van der Waals surface area (Å²) in [6, 6.07) is 56.7. The maximum Gasteiger partial charge on any atom is 0.136 e. The molecule has 0 atom stereocenters. The Hall–Kier alpha value is -5.66. The molecule has 0 unspecified atom stereocenters. The molecule has 0 bridgehead atoms. The van der Waals surface area contributed by atoms with Crippen molar-refractivity contribution in [3.63, 3.8) is 0 Å². The minimum absolute atomic E-state index is 0.904. The van der Waals surface area contributed by atoms with E-state index < -0.39 is 0 Å². The fraction of sp³-hybridized carbons (Fsp3) is 0. The summed E-state index contributed by atoms with van der Waals surface area (Å²) in [7, 11) is 0. The molecule has 1 heteroatoms. The van der Waals surface area contributed by atoms with E-state index in [-0.39, 0.29) is 0 Å². The zero-order valence-electron chi connectivity index (χ0n) is 23.4. The topological polar surface area (TPSA) is 13.1 Å². The largest absolute Gasteiger partial charge is 0.456 e. The minimum atomic E-state index is 0.904. The third kappa shape index (κ3) is 3.58. The lowest BCUT2D eigenvalue weighted by molar-refractivity contribution is 0.669. The van der Waals surface area contributed by atoms with Gasteiger partial charge in [-0.25, -0.2) is 0 Å². The van der Waals surface area contributed by atoms with Crippen LogP contribution < -0.4 is 0 Å². The van der Waals surface area contributed by atoms with Crippen LogP contribution in [0.3, 0.4) is 0 Å². The molecule has 0 N–H and O–H groups in total. The van der Waals surface area contributed by atoms with E-state index in [0.29, 0.717) is 0 Å². The van der Waals surface area contributed by atoms with Crippen molar-refractivity contribution in [2.45, 2.75) is 0 Å². The lowest BCUT2D eigenvalue weighted by Gasteiger charge is -2.20. The van der Waals surface area contributed by atoms with Crippen molar-refractivity contribution in [2.24, 2.45) is 0 Å². The Morgan fingerprint density at radius 2 is 0.791 bits per heavy atom. The zero-order valence-corrected chi connectivity index (χ0v) is 23.4. The highest BCUT2D eigenvalue weighted by Gasteiger charge is 2.24. The average molecular weight is 547 g/mol. The highest BCUT2D eigenvalue weighted by Crippen LogP contribution is 2.50. The third-order valence-corrected chi connectivity index (χ3v) is 8.86. The van der Waals surface area contributed by atoms with E-state index >= 15 is 0 Å². The van der Waals surface area contributed by atoms with Crippen LogP contribution in [0.15, 0.2) is 162 Å². The van der Waals surface area contributed by atoms with E-state index in [9.17, 15) is 0 Å². The van der Waals surface area contributed by atoms with Crippen LogP contribution in [0.4, 0.5) is 0 Å². The van der Waals surface area contributed by atoms with Crippen LogP contribution >= 0.6 is 0 Å². The molecule has 200 valence electrons. The fourth-order valence-corrected chi connectivity index (χ4v) is 7.06. The normalized spacial score (nSPS) is 11.7. The first-order valence-electron chi connectivity index (χ1n) is 14.8. The molecule has 0 saturated carbocycles. The van der Waals surface area contributed by atoms with Crippen molar-refractivity contribution in [3.8, 4) is 33.4 Å². The minimum Gasteiger partial charge on any atom is -0.456 e. The van der Waals surface area contributed by atoms with Gasteiger partial charge < -0.3 is 4.42 Å². The van der Waals surface area contributed by atoms with Crippen molar-refractivity contribution >= 4 is 54.3 Å². The number of benzene rings is 8. The van der Waals surface area contributed by atoms with Gasteiger partial charge in [0.05, 0.1) is 0 Å². The zero-order chi connectivity index (χ0) is 28.3. The molecule has 0 saturated heterocycles. The van der Waals surface area contributed by atoms with Crippen LogP contribution in [0.2, 0.25) is 0 Å². The van der Waals surface area contributed by atoms with Gasteiger partial charge in [0.25, 0.3) is 0 Å². The molecule has 0 radical (unpaired) electrons. The van der Waals surface area contributed by atoms with Gasteiger partial charge in [-0.3, -0.25) is 0 Å². The highest BCUT2D eigenvalue weighted by molar-refractivity contribution is 6.30. The molecule has 9 aromatic rings. The molecule has 0 fully saturated rings. The van der Waals surface area contributed by atoms with E-state index in [4.69, 9.17) is 4.42 Å². The molecule has 0 aliphatic rings. The van der Waals surface area contributed by atoms with E-state index in [2.05, 4.69) is 158 Å². The maximum absolute atomic E-state index is 6.63. The van der Waals surface area contributed by atoms with Crippen molar-refractivity contribution in [1.82, 2.24) is 0 Å². The lowest BCUT2D eigenvalue weighted by atomic mass is 9.82. The molecular formula is C42H26O. The average Bonchev–Trinajstić information content (AvgIpc) is 3.47. The molecule has 0 aliphatic carbocycles. The molecule has 1 heterocycles. The van der Waals surface area contributed by atoms with Gasteiger partial charge >= 0.3 is 0 Å². The predicted octanol–water partition coefficient (Wildman–Crippen LogP) is 12.0. The lowest BCUT2D eigenvalue weighted by Crippen LogP contribution is -1.93. The summed E-state index contributed by atoms with van der Waals surface area (Å²) in [5.41, 5.74) is 9.16. The molecular weight excluding hydrogens is 520 g/mol. The first-order valence-corrected chi connectivity index (χ1v) is 14.8. The van der Waals surface area contributed by atoms with Gasteiger partial charge in [0.2, 0.25) is 0 Å². The van der Waals surface area contributed by atoms with Crippen LogP contribution in [0.25, 0.3) is 87.6 Å². The summed E-state index contributed by atoms with van der Waals surface area (Å²) < 4.78 is 6.63. The van der Waals surface area contributed by atoms with Crippen molar-refractivity contribution in [1.29, 1.82) is 0 Å². The molecule has 9 rings (SSSR count). The Morgan fingerprint density at radius 3 is 1.44 bits per heavy atom. The standard InChI is InChI=1S/C42H26O/c1-3-13-27(14-4-1)31-24-26-37-42(40-30-18-8-7-15-28(30)23-25-36(40)43-37)41(31)39-34-21-11-9-19-32(34)38(29-16-5-2-6-17-29)33-20-10-12-22-35(33)39/h1-26H. The fourth-order valence-electron chi connectivity index (χ4n) is 7.06. The van der Waals surface area contributed by atoms with Gasteiger partial charge in [-0.2, -0.15) is 0 Å². The number of hydrogen-bond acceptors (Lipinski definition) is 1. The Balaban J connectivity index is 1.56. The second-order valence-corrected chi connectivity index (χ2v) is 11.2. The van der Waals surface area contributed by atoms with Crippen molar-refractivity contribution in [2.75, 3.05) is 0 Å². The Morgan fingerprint density at radius 1 is 0.302 bits per heavy atom. The molecule has 0 amide bonds. The van der Waals surface area contributed by atoms with Crippen LogP contribution in [0, 0.1) is 0 Å². The van der Waals surface area contributed by atoms with Gasteiger partial charge in [0, 0.05) is 16.3 Å². The van der Waals surface area contributed by atoms with Crippen LogP contribution in [-0.2, 0) is 0 Å². The summed E-state index contributed by atoms with van der Waals surface area (Å²) in [5, 5.41) is 9.71. The summed E-state index contributed by atoms with van der Waals surface area (Å²) in [6.45, 7) is 0. The molecule has 1 nitrogen and oxygen atoms in total. The molecule has 8 aromatic carbocycles. The quantitative estimate of drug-likeness (QED) is 0.201. The number of furan rings is 1. The van der Waals surface area contributed by atoms with Crippen molar-refractivity contribution in [3.05, 3.63) is 158 Å². The van der Waals surface area contributed by atoms with E-state index in [1.807, 2.05) is 0 Å². The molecule has 0 aliphatic heterocycles. The van der Waals surface area contributed by atoms with E-state index in [1.165, 1.54) is 71.1 Å². The summed E-state index contributed by atoms with van der Waals surface area (Å²) in [6.07, 6.45) is 0. The SMILES string of the molecule is c1ccc(-c2ccc3oc4ccc5ccccc5c4c3c2-c2c3ccccc3c(-c3ccccc3)c3ccccc23)cc1. The Bertz CT molecular complexity index is 2430. The van der Waals surface area contributed by atoms with Gasteiger partial charge in [-0.1, -0.05) is 146 Å². The highest BCUT2D eigenvalue weighted by atomic mass is 16.3. The summed E-state index contributed by atoms with van der Waals surface area (Å²) >= 11 is 0. The summed E-state index contributed by atoms with van der Waals surface area (Å²) in [4.78, 5) is 0. The molecule has 1 aromatic heterocycles. The molecule has 43 heavy (non-hydrogen) atoms. The Labute approximate surface area is 249 Å². The monoisotopic (exact) mass is 546 g/mol. The predicted molar refractivity (Wildman–Crippen MR) is 183 cm³/mol. The number of hydrogen-bond donors (Lipinski definition) is 0. The van der Waals surface area contributed by atoms with Crippen LogP contribution in [-0.4, -0.2) is 0 Å².